The van der Waals surface area contributed by atoms with E-state index < -0.39 is 27.0 Å². The van der Waals surface area contributed by atoms with Gasteiger partial charge < -0.3 is 0 Å². The first-order valence-corrected chi connectivity index (χ1v) is 1.00. The molecule has 0 nitrogen and oxygen atoms in total. The Morgan fingerprint density at radius 2 is 2.00 bits per heavy atom. The summed E-state index contributed by atoms with van der Waals surface area (Å²) in [6.07, 6.45) is 0. The maximum atomic E-state index is 6.78. The molecule has 0 unspecified atom stereocenters. The van der Waals surface area contributed by atoms with E-state index in [0.717, 1.165) is 0 Å². The van der Waals surface area contributed by atoms with Crippen molar-refractivity contribution in [3.63, 3.8) is 0 Å². The topological polar surface area (TPSA) is 0 Å². The van der Waals surface area contributed by atoms with Crippen LogP contribution < -0.4 is 0 Å². The molecule has 0 rings (SSSR count). The normalized spacial score (nSPS) is 30.8. The summed E-state index contributed by atoms with van der Waals surface area (Å²) >= 11 is 0. The second-order valence-corrected chi connectivity index (χ2v) is 0.577. The molecule has 0 aliphatic carbocycles. The van der Waals surface area contributed by atoms with Gasteiger partial charge in [-0.1, -0.05) is 20.3 Å². The fraction of sp³-hybridized carbons (Fsp3) is 1.00. The molecular formula is C3H9B. The average Bonchev–Trinajstić information content (AvgIpc) is 1.59. The lowest BCUT2D eigenvalue weighted by atomic mass is 9.58. The number of hydrogen-bond donors (Lipinski definition) is 0. The predicted molar refractivity (Wildman–Crippen MR) is 23.3 cm³/mol. The van der Waals surface area contributed by atoms with Crippen molar-refractivity contribution in [1.29, 1.82) is 0 Å². The van der Waals surface area contributed by atoms with E-state index in [0.29, 0.717) is 0 Å². The van der Waals surface area contributed by atoms with Crippen molar-refractivity contribution in [2.45, 2.75) is 20.3 Å². The molecule has 0 aromatic rings. The molecule has 0 amide bonds. The van der Waals surface area contributed by atoms with Crippen molar-refractivity contribution >= 4 is 6.71 Å². The van der Waals surface area contributed by atoms with Crippen molar-refractivity contribution in [1.82, 2.24) is 0 Å². The van der Waals surface area contributed by atoms with Crippen molar-refractivity contribution in [2.75, 3.05) is 0 Å². The van der Waals surface area contributed by atoms with Crippen LogP contribution in [0.4, 0.5) is 0 Å². The van der Waals surface area contributed by atoms with Crippen LogP contribution >= 0.6 is 0 Å². The SMILES string of the molecule is [3H]C([3H])B(C([3H])[3H])C([3H])[3H]. The van der Waals surface area contributed by atoms with Crippen molar-refractivity contribution in [3.05, 3.63) is 0 Å². The van der Waals surface area contributed by atoms with E-state index >= 15 is 0 Å². The quantitative estimate of drug-likeness (QED) is 0.376. The molecule has 0 aromatic heterocycles. The van der Waals surface area contributed by atoms with Gasteiger partial charge in [-0.2, -0.15) is 0 Å². The van der Waals surface area contributed by atoms with Gasteiger partial charge in [0, 0.05) is 8.22 Å². The lowest BCUT2D eigenvalue weighted by molar-refractivity contribution is 1.91. The Hall–Kier alpha value is 0.0649. The van der Waals surface area contributed by atoms with Crippen molar-refractivity contribution in [3.8, 4) is 0 Å². The third-order valence-corrected chi connectivity index (χ3v) is 0. The molecule has 0 spiro atoms. The Balaban J connectivity index is 3.98. The molecule has 1 heteroatoms. The van der Waals surface area contributed by atoms with Crippen LogP contribution in [-0.4, -0.2) is 6.71 Å². The third-order valence-electron chi connectivity index (χ3n) is 0. The largest absolute Gasteiger partial charge is 0.130 e. The average molecular weight is 68.0 g/mol. The highest BCUT2D eigenvalue weighted by molar-refractivity contribution is 6.54. The van der Waals surface area contributed by atoms with E-state index in [1.54, 1.807) is 0 Å². The highest BCUT2D eigenvalue weighted by atomic mass is 13.2. The zero-order valence-electron chi connectivity index (χ0n) is 8.31. The van der Waals surface area contributed by atoms with Crippen molar-refractivity contribution in [2.24, 2.45) is 0 Å². The maximum Gasteiger partial charge on any atom is 0.130 e. The Labute approximate surface area is 36.7 Å². The van der Waals surface area contributed by atoms with Gasteiger partial charge in [0.25, 0.3) is 0 Å². The summed E-state index contributed by atoms with van der Waals surface area (Å²) in [4.78, 5) is 0. The van der Waals surface area contributed by atoms with Gasteiger partial charge in [-0.15, -0.1) is 0 Å². The van der Waals surface area contributed by atoms with E-state index in [-0.39, 0.29) is 0 Å². The molecule has 0 aliphatic rings. The van der Waals surface area contributed by atoms with Crippen LogP contribution in [0.3, 0.4) is 0 Å². The van der Waals surface area contributed by atoms with E-state index in [2.05, 4.69) is 0 Å². The molecule has 0 aliphatic heterocycles. The fourth-order valence-corrected chi connectivity index (χ4v) is 0. The first kappa shape index (κ1) is 0.465. The van der Waals surface area contributed by atoms with E-state index in [1.165, 1.54) is 0 Å². The lowest BCUT2D eigenvalue weighted by Crippen LogP contribution is -1.84. The Morgan fingerprint density at radius 3 is 2.00 bits per heavy atom. The van der Waals surface area contributed by atoms with Crippen LogP contribution in [0, 0.1) is 0 Å². The van der Waals surface area contributed by atoms with Gasteiger partial charge in [0.2, 0.25) is 0 Å². The molecule has 0 aromatic carbocycles. The molecule has 24 valence electrons. The maximum absolute atomic E-state index is 6.78. The van der Waals surface area contributed by atoms with Gasteiger partial charge in [-0.3, -0.25) is 0 Å². The summed E-state index contributed by atoms with van der Waals surface area (Å²) in [5.74, 6) is 0. The summed E-state index contributed by atoms with van der Waals surface area (Å²) < 4.78 is 40.7. The predicted octanol–water partition coefficient (Wildman–Crippen LogP) is 1.37. The molecule has 0 radical (unpaired) electrons. The number of rotatable bonds is 0. The first-order valence-electron chi connectivity index (χ1n) is 4.46. The molecule has 0 fully saturated rings. The smallest absolute Gasteiger partial charge is 0.0865 e. The summed E-state index contributed by atoms with van der Waals surface area (Å²) in [7, 11) is 0. The molecule has 0 bridgehead atoms. The summed E-state index contributed by atoms with van der Waals surface area (Å²) in [5, 5.41) is 0. The second kappa shape index (κ2) is 1.39. The summed E-state index contributed by atoms with van der Waals surface area (Å²) in [5.41, 5.74) is 0. The monoisotopic (exact) mass is 68.1 g/mol. The molecular weight excluding hydrogens is 46.8 g/mol. The van der Waals surface area contributed by atoms with E-state index in [9.17, 15) is 0 Å². The minimum Gasteiger partial charge on any atom is -0.0865 e. The van der Waals surface area contributed by atoms with Crippen LogP contribution in [0.25, 0.3) is 0 Å². The Bertz CT molecular complexity index is 74.0. The molecule has 0 N–H and O–H groups in total. The highest BCUT2D eigenvalue weighted by Crippen LogP contribution is 1.68. The standard InChI is InChI=1S/C3H9B/c1-4(2)3/h1-3H3/i1T2,2T2,3T2. The van der Waals surface area contributed by atoms with Crippen LogP contribution in [0.1, 0.15) is 8.22 Å². The van der Waals surface area contributed by atoms with Gasteiger partial charge in [0.15, 0.2) is 0 Å². The Kier molecular flexibility index (Phi) is 0.162. The van der Waals surface area contributed by atoms with Gasteiger partial charge in [-0.05, 0) is 0 Å². The first-order chi connectivity index (χ1) is 4.46. The minimum atomic E-state index is -1.42. The lowest BCUT2D eigenvalue weighted by Gasteiger charge is -1.71. The zero-order chi connectivity index (χ0) is 8.31. The van der Waals surface area contributed by atoms with Crippen LogP contribution in [0.15, 0.2) is 0 Å². The molecule has 0 saturated carbocycles. The highest BCUT2D eigenvalue weighted by Gasteiger charge is 1.76. The Morgan fingerprint density at radius 1 is 1.50 bits per heavy atom. The van der Waals surface area contributed by atoms with E-state index in [4.69, 9.17) is 8.22 Å². The molecule has 0 saturated heterocycles. The number of hydrogen-bond acceptors (Lipinski definition) is 0. The zero-order valence-corrected chi connectivity index (χ0v) is 2.31. The third kappa shape index (κ3) is 555. The van der Waals surface area contributed by atoms with Crippen LogP contribution in [0.2, 0.25) is 20.3 Å². The molecule has 0 heterocycles. The summed E-state index contributed by atoms with van der Waals surface area (Å²) in [6.45, 7) is -5.36. The molecule has 0 atom stereocenters. The van der Waals surface area contributed by atoms with E-state index in [1.807, 2.05) is 0 Å². The van der Waals surface area contributed by atoms with Crippen LogP contribution in [0.5, 0.6) is 0 Å². The second-order valence-electron chi connectivity index (χ2n) is 0.577. The summed E-state index contributed by atoms with van der Waals surface area (Å²) in [6, 6.07) is 0. The molecule has 4 heavy (non-hydrogen) atoms. The van der Waals surface area contributed by atoms with Gasteiger partial charge >= 0.3 is 0 Å². The van der Waals surface area contributed by atoms with Crippen LogP contribution in [-0.2, 0) is 0 Å². The van der Waals surface area contributed by atoms with Gasteiger partial charge in [-0.25, -0.2) is 0 Å². The van der Waals surface area contributed by atoms with Gasteiger partial charge in [0.1, 0.15) is 6.71 Å². The van der Waals surface area contributed by atoms with Crippen molar-refractivity contribution < 1.29 is 8.22 Å². The minimum absolute atomic E-state index is 1.11. The fourth-order valence-electron chi connectivity index (χ4n) is 0. The van der Waals surface area contributed by atoms with Gasteiger partial charge in [0.05, 0.1) is 0 Å².